The first-order valence-electron chi connectivity index (χ1n) is 10.8. The van der Waals surface area contributed by atoms with Crippen LogP contribution >= 0.6 is 11.3 Å². The molecule has 0 atom stereocenters. The highest BCUT2D eigenvalue weighted by atomic mass is 32.1. The van der Waals surface area contributed by atoms with Gasteiger partial charge in [0, 0.05) is 42.7 Å². The Morgan fingerprint density at radius 3 is 2.87 bits per heavy atom. The van der Waals surface area contributed by atoms with Crippen LogP contribution in [0.4, 0.5) is 5.13 Å². The van der Waals surface area contributed by atoms with Crippen molar-refractivity contribution in [3.8, 4) is 22.8 Å². The molecule has 1 aromatic carbocycles. The summed E-state index contributed by atoms with van der Waals surface area (Å²) in [6.45, 7) is 1.23. The van der Waals surface area contributed by atoms with E-state index in [9.17, 15) is 0 Å². The summed E-state index contributed by atoms with van der Waals surface area (Å²) < 4.78 is 9.07. The molecule has 3 aromatic heterocycles. The summed E-state index contributed by atoms with van der Waals surface area (Å²) in [6.07, 6.45) is 11.9. The number of thiazole rings is 1. The van der Waals surface area contributed by atoms with Crippen LogP contribution in [-0.2, 0) is 6.54 Å². The molecule has 0 saturated heterocycles. The van der Waals surface area contributed by atoms with Crippen molar-refractivity contribution in [3.63, 3.8) is 0 Å². The van der Waals surface area contributed by atoms with E-state index in [0.29, 0.717) is 19.1 Å². The summed E-state index contributed by atoms with van der Waals surface area (Å²) in [5.74, 6) is 1.53. The SMILES string of the molecule is NCCn1cc(-c2cc(Oc3ccc4nc(NC5CCCCC5)sc4c3)ccn2)cn1. The smallest absolute Gasteiger partial charge is 0.184 e. The molecule has 0 radical (unpaired) electrons. The Labute approximate surface area is 185 Å². The minimum Gasteiger partial charge on any atom is -0.457 e. The fourth-order valence-electron chi connectivity index (χ4n) is 3.97. The van der Waals surface area contributed by atoms with E-state index >= 15 is 0 Å². The van der Waals surface area contributed by atoms with Crippen molar-refractivity contribution in [2.24, 2.45) is 5.73 Å². The Bertz CT molecular complexity index is 1160. The van der Waals surface area contributed by atoms with Crippen molar-refractivity contribution in [3.05, 3.63) is 48.9 Å². The third kappa shape index (κ3) is 4.70. The van der Waals surface area contributed by atoms with Gasteiger partial charge in [0.15, 0.2) is 5.13 Å². The first kappa shape index (κ1) is 20.0. The molecule has 0 bridgehead atoms. The van der Waals surface area contributed by atoms with Crippen molar-refractivity contribution in [1.82, 2.24) is 19.7 Å². The first-order valence-corrected chi connectivity index (χ1v) is 11.6. The standard InChI is InChI=1S/C23H26N6OS/c24-9-11-29-15-16(14-26-29)21-12-19(8-10-25-21)30-18-6-7-20-22(13-18)31-23(28-20)27-17-4-2-1-3-5-17/h6-8,10,12-15,17H,1-5,9,11,24H2,(H,27,28). The molecular weight excluding hydrogens is 408 g/mol. The van der Waals surface area contributed by atoms with Crippen molar-refractivity contribution in [2.75, 3.05) is 11.9 Å². The van der Waals surface area contributed by atoms with Crippen LogP contribution in [-0.4, -0.2) is 32.3 Å². The van der Waals surface area contributed by atoms with Gasteiger partial charge in [-0.1, -0.05) is 30.6 Å². The number of fused-ring (bicyclic) bond motifs is 1. The lowest BCUT2D eigenvalue weighted by Gasteiger charge is -2.22. The average Bonchev–Trinajstić information content (AvgIpc) is 3.41. The molecule has 3 heterocycles. The Balaban J connectivity index is 1.31. The van der Waals surface area contributed by atoms with Gasteiger partial charge in [0.25, 0.3) is 0 Å². The maximum atomic E-state index is 6.13. The van der Waals surface area contributed by atoms with E-state index in [1.165, 1.54) is 32.1 Å². The minimum atomic E-state index is 0.550. The molecule has 3 N–H and O–H groups in total. The highest BCUT2D eigenvalue weighted by Gasteiger charge is 2.15. The van der Waals surface area contributed by atoms with E-state index in [1.54, 1.807) is 23.7 Å². The van der Waals surface area contributed by atoms with Crippen molar-refractivity contribution >= 4 is 26.7 Å². The van der Waals surface area contributed by atoms with E-state index in [2.05, 4.69) is 21.5 Å². The first-order chi connectivity index (χ1) is 15.3. The second-order valence-corrected chi connectivity index (χ2v) is 8.92. The van der Waals surface area contributed by atoms with Crippen LogP contribution in [0.1, 0.15) is 32.1 Å². The van der Waals surface area contributed by atoms with Gasteiger partial charge in [0.05, 0.1) is 28.7 Å². The summed E-state index contributed by atoms with van der Waals surface area (Å²) in [5.41, 5.74) is 8.36. The fraction of sp³-hybridized carbons (Fsp3) is 0.348. The number of benzene rings is 1. The second-order valence-electron chi connectivity index (χ2n) is 7.89. The zero-order valence-corrected chi connectivity index (χ0v) is 18.1. The monoisotopic (exact) mass is 434 g/mol. The second kappa shape index (κ2) is 9.03. The lowest BCUT2D eigenvalue weighted by atomic mass is 9.96. The van der Waals surface area contributed by atoms with Gasteiger partial charge in [-0.2, -0.15) is 5.10 Å². The number of nitrogens with zero attached hydrogens (tertiary/aromatic N) is 4. The lowest BCUT2D eigenvalue weighted by Crippen LogP contribution is -2.21. The number of rotatable bonds is 7. The molecule has 1 fully saturated rings. The number of nitrogens with one attached hydrogen (secondary N) is 1. The lowest BCUT2D eigenvalue weighted by molar-refractivity contribution is 0.462. The molecule has 4 aromatic rings. The van der Waals surface area contributed by atoms with Gasteiger partial charge in [-0.15, -0.1) is 0 Å². The maximum Gasteiger partial charge on any atom is 0.184 e. The van der Waals surface area contributed by atoms with E-state index in [4.69, 9.17) is 15.5 Å². The summed E-state index contributed by atoms with van der Waals surface area (Å²) in [5, 5.41) is 8.94. The predicted octanol–water partition coefficient (Wildman–Crippen LogP) is 5.05. The highest BCUT2D eigenvalue weighted by Crippen LogP contribution is 2.33. The third-order valence-corrected chi connectivity index (χ3v) is 6.50. The van der Waals surface area contributed by atoms with E-state index < -0.39 is 0 Å². The number of pyridine rings is 1. The zero-order valence-electron chi connectivity index (χ0n) is 17.3. The van der Waals surface area contributed by atoms with Crippen LogP contribution in [0.15, 0.2) is 48.9 Å². The molecule has 7 nitrogen and oxygen atoms in total. The van der Waals surface area contributed by atoms with Gasteiger partial charge in [-0.3, -0.25) is 9.67 Å². The largest absolute Gasteiger partial charge is 0.457 e. The van der Waals surface area contributed by atoms with Crippen LogP contribution in [0, 0.1) is 0 Å². The van der Waals surface area contributed by atoms with Crippen LogP contribution in [0.2, 0.25) is 0 Å². The molecule has 5 rings (SSSR count). The van der Waals surface area contributed by atoms with Crippen molar-refractivity contribution in [2.45, 2.75) is 44.7 Å². The van der Waals surface area contributed by atoms with Gasteiger partial charge in [-0.05, 0) is 31.0 Å². The molecule has 0 aliphatic heterocycles. The van der Waals surface area contributed by atoms with E-state index in [1.807, 2.05) is 35.1 Å². The normalized spacial score (nSPS) is 14.7. The van der Waals surface area contributed by atoms with Gasteiger partial charge < -0.3 is 15.8 Å². The average molecular weight is 435 g/mol. The molecule has 31 heavy (non-hydrogen) atoms. The number of hydrogen-bond acceptors (Lipinski definition) is 7. The zero-order chi connectivity index (χ0) is 21.0. The van der Waals surface area contributed by atoms with Gasteiger partial charge >= 0.3 is 0 Å². The van der Waals surface area contributed by atoms with Gasteiger partial charge in [0.2, 0.25) is 0 Å². The molecule has 8 heteroatoms. The van der Waals surface area contributed by atoms with Crippen LogP contribution in [0.3, 0.4) is 0 Å². The summed E-state index contributed by atoms with van der Waals surface area (Å²) in [6, 6.07) is 10.4. The van der Waals surface area contributed by atoms with Crippen LogP contribution in [0.25, 0.3) is 21.5 Å². The maximum absolute atomic E-state index is 6.13. The molecular formula is C23H26N6OS. The molecule has 1 aliphatic carbocycles. The molecule has 0 amide bonds. The van der Waals surface area contributed by atoms with Crippen molar-refractivity contribution < 1.29 is 4.74 Å². The third-order valence-electron chi connectivity index (χ3n) is 5.55. The fourth-order valence-corrected chi connectivity index (χ4v) is 4.94. The number of hydrogen-bond donors (Lipinski definition) is 2. The van der Waals surface area contributed by atoms with E-state index in [0.717, 1.165) is 38.1 Å². The molecule has 1 saturated carbocycles. The van der Waals surface area contributed by atoms with Gasteiger partial charge in [-0.25, -0.2) is 4.98 Å². The Kier molecular flexibility index (Phi) is 5.82. The quantitative estimate of drug-likeness (QED) is 0.423. The molecule has 160 valence electrons. The predicted molar refractivity (Wildman–Crippen MR) is 125 cm³/mol. The number of aromatic nitrogens is 4. The molecule has 1 aliphatic rings. The van der Waals surface area contributed by atoms with Crippen LogP contribution < -0.4 is 15.8 Å². The minimum absolute atomic E-state index is 0.550. The van der Waals surface area contributed by atoms with Gasteiger partial charge in [0.1, 0.15) is 11.5 Å². The number of anilines is 1. The highest BCUT2D eigenvalue weighted by molar-refractivity contribution is 7.22. The topological polar surface area (TPSA) is 90.9 Å². The van der Waals surface area contributed by atoms with E-state index in [-0.39, 0.29) is 0 Å². The van der Waals surface area contributed by atoms with Crippen LogP contribution in [0.5, 0.6) is 11.5 Å². The number of nitrogens with two attached hydrogens (primary N) is 1. The summed E-state index contributed by atoms with van der Waals surface area (Å²) in [4.78, 5) is 9.20. The molecule has 0 spiro atoms. The Morgan fingerprint density at radius 2 is 2.00 bits per heavy atom. The molecule has 0 unspecified atom stereocenters. The summed E-state index contributed by atoms with van der Waals surface area (Å²) in [7, 11) is 0. The Hall–Kier alpha value is -2.97. The Morgan fingerprint density at radius 1 is 1.13 bits per heavy atom. The number of ether oxygens (including phenoxy) is 1. The summed E-state index contributed by atoms with van der Waals surface area (Å²) >= 11 is 1.69. The van der Waals surface area contributed by atoms with Crippen molar-refractivity contribution in [1.29, 1.82) is 0 Å².